The summed E-state index contributed by atoms with van der Waals surface area (Å²) < 4.78 is 11.1. The monoisotopic (exact) mass is 351 g/mol. The van der Waals surface area contributed by atoms with Gasteiger partial charge >= 0.3 is 6.01 Å². The average Bonchev–Trinajstić information content (AvgIpc) is 3.15. The number of amides is 1. The molecule has 3 aromatic rings. The highest BCUT2D eigenvalue weighted by atomic mass is 16.5. The molecule has 6 heteroatoms. The van der Waals surface area contributed by atoms with Crippen LogP contribution in [0.5, 0.6) is 5.75 Å². The highest BCUT2D eigenvalue weighted by Crippen LogP contribution is 2.20. The molecular weight excluding hydrogens is 330 g/mol. The van der Waals surface area contributed by atoms with E-state index in [-0.39, 0.29) is 11.9 Å². The van der Waals surface area contributed by atoms with E-state index in [2.05, 4.69) is 22.4 Å². The molecule has 1 amide bonds. The second-order valence-electron chi connectivity index (χ2n) is 5.81. The predicted octanol–water partition coefficient (Wildman–Crippen LogP) is 4.56. The van der Waals surface area contributed by atoms with Crippen LogP contribution in [-0.2, 0) is 0 Å². The van der Waals surface area contributed by atoms with E-state index in [9.17, 15) is 4.79 Å². The molecule has 1 aromatic heterocycles. The summed E-state index contributed by atoms with van der Waals surface area (Å²) in [6.45, 7) is 2.84. The minimum Gasteiger partial charge on any atom is -0.494 e. The third-order valence-electron chi connectivity index (χ3n) is 3.80. The first-order valence-electron chi connectivity index (χ1n) is 8.69. The molecule has 0 spiro atoms. The van der Waals surface area contributed by atoms with E-state index < -0.39 is 0 Å². The fourth-order valence-corrected chi connectivity index (χ4v) is 2.39. The third kappa shape index (κ3) is 4.69. The van der Waals surface area contributed by atoms with Gasteiger partial charge in [-0.25, -0.2) is 0 Å². The number of ether oxygens (including phenoxy) is 1. The molecule has 2 aromatic carbocycles. The molecule has 1 N–H and O–H groups in total. The fourth-order valence-electron chi connectivity index (χ4n) is 2.39. The number of nitrogens with one attached hydrogen (secondary N) is 1. The van der Waals surface area contributed by atoms with Crippen LogP contribution in [-0.4, -0.2) is 22.7 Å². The van der Waals surface area contributed by atoms with Crippen LogP contribution in [0.1, 0.15) is 36.5 Å². The smallest absolute Gasteiger partial charge is 0.322 e. The highest BCUT2D eigenvalue weighted by Gasteiger charge is 2.12. The van der Waals surface area contributed by atoms with E-state index >= 15 is 0 Å². The van der Waals surface area contributed by atoms with Crippen molar-refractivity contribution in [1.82, 2.24) is 10.2 Å². The topological polar surface area (TPSA) is 77.2 Å². The van der Waals surface area contributed by atoms with Gasteiger partial charge in [0.15, 0.2) is 0 Å². The summed E-state index contributed by atoms with van der Waals surface area (Å²) in [6, 6.07) is 16.4. The zero-order chi connectivity index (χ0) is 18.2. The maximum Gasteiger partial charge on any atom is 0.322 e. The maximum atomic E-state index is 12.3. The van der Waals surface area contributed by atoms with Crippen LogP contribution in [0.3, 0.4) is 0 Å². The lowest BCUT2D eigenvalue weighted by Gasteiger charge is -2.06. The average molecular weight is 351 g/mol. The number of hydrogen-bond acceptors (Lipinski definition) is 5. The van der Waals surface area contributed by atoms with E-state index in [1.165, 1.54) is 0 Å². The van der Waals surface area contributed by atoms with E-state index in [1.807, 2.05) is 30.3 Å². The summed E-state index contributed by atoms with van der Waals surface area (Å²) >= 11 is 0. The number of rotatable bonds is 8. The first kappa shape index (κ1) is 17.7. The Hall–Kier alpha value is -3.15. The van der Waals surface area contributed by atoms with Gasteiger partial charge in [-0.3, -0.25) is 10.1 Å². The molecule has 0 atom stereocenters. The van der Waals surface area contributed by atoms with Gasteiger partial charge in [0.1, 0.15) is 5.75 Å². The lowest BCUT2D eigenvalue weighted by Crippen LogP contribution is -2.12. The molecule has 0 aliphatic rings. The van der Waals surface area contributed by atoms with Crippen LogP contribution in [0.15, 0.2) is 59.0 Å². The van der Waals surface area contributed by atoms with Crippen molar-refractivity contribution in [1.29, 1.82) is 0 Å². The van der Waals surface area contributed by atoms with Crippen LogP contribution < -0.4 is 10.1 Å². The zero-order valence-electron chi connectivity index (χ0n) is 14.6. The lowest BCUT2D eigenvalue weighted by atomic mass is 10.2. The molecule has 0 aliphatic carbocycles. The van der Waals surface area contributed by atoms with Gasteiger partial charge in [-0.05, 0) is 42.8 Å². The summed E-state index contributed by atoms with van der Waals surface area (Å²) in [5.74, 6) is 0.796. The zero-order valence-corrected chi connectivity index (χ0v) is 14.6. The molecule has 0 unspecified atom stereocenters. The van der Waals surface area contributed by atoms with Crippen molar-refractivity contribution in [2.45, 2.75) is 26.2 Å². The molecule has 26 heavy (non-hydrogen) atoms. The largest absolute Gasteiger partial charge is 0.494 e. The van der Waals surface area contributed by atoms with Crippen molar-refractivity contribution in [3.63, 3.8) is 0 Å². The SMILES string of the molecule is CCCCCOc1ccc(C(=O)Nc2nnc(-c3ccccc3)o2)cc1. The van der Waals surface area contributed by atoms with Gasteiger partial charge in [0, 0.05) is 11.1 Å². The Labute approximate surface area is 152 Å². The first-order valence-corrected chi connectivity index (χ1v) is 8.69. The van der Waals surface area contributed by atoms with Gasteiger partial charge < -0.3 is 9.15 Å². The molecule has 0 radical (unpaired) electrons. The van der Waals surface area contributed by atoms with Crippen LogP contribution >= 0.6 is 0 Å². The molecule has 134 valence electrons. The molecule has 0 bridgehead atoms. The molecule has 0 aliphatic heterocycles. The molecule has 3 rings (SSSR count). The Bertz CT molecular complexity index is 829. The summed E-state index contributed by atoms with van der Waals surface area (Å²) in [5, 5.41) is 10.4. The Balaban J connectivity index is 1.57. The minimum absolute atomic E-state index is 0.0637. The van der Waals surface area contributed by atoms with Crippen LogP contribution in [0.4, 0.5) is 6.01 Å². The molecule has 1 heterocycles. The van der Waals surface area contributed by atoms with E-state index in [0.29, 0.717) is 18.1 Å². The van der Waals surface area contributed by atoms with Crippen molar-refractivity contribution in [2.75, 3.05) is 11.9 Å². The Morgan fingerprint density at radius 1 is 1.04 bits per heavy atom. The summed E-state index contributed by atoms with van der Waals surface area (Å²) in [7, 11) is 0. The number of aromatic nitrogens is 2. The normalized spacial score (nSPS) is 10.5. The standard InChI is InChI=1S/C20H21N3O3/c1-2-3-7-14-25-17-12-10-15(11-13-17)18(24)21-20-23-22-19(26-20)16-8-5-4-6-9-16/h4-6,8-13H,2-3,7,14H2,1H3,(H,21,23,24). The quantitative estimate of drug-likeness (QED) is 0.602. The van der Waals surface area contributed by atoms with E-state index in [1.54, 1.807) is 24.3 Å². The maximum absolute atomic E-state index is 12.3. The number of unbranched alkanes of at least 4 members (excludes halogenated alkanes) is 2. The van der Waals surface area contributed by atoms with Crippen molar-refractivity contribution in [2.24, 2.45) is 0 Å². The van der Waals surface area contributed by atoms with Crippen LogP contribution in [0.25, 0.3) is 11.5 Å². The number of hydrogen-bond donors (Lipinski definition) is 1. The predicted molar refractivity (Wildman–Crippen MR) is 99.1 cm³/mol. The molecule has 0 saturated heterocycles. The van der Waals surface area contributed by atoms with Crippen molar-refractivity contribution < 1.29 is 13.9 Å². The van der Waals surface area contributed by atoms with Gasteiger partial charge in [-0.2, -0.15) is 0 Å². The number of carbonyl (C=O) groups excluding carboxylic acids is 1. The number of carbonyl (C=O) groups is 1. The Morgan fingerprint density at radius 2 is 1.81 bits per heavy atom. The number of anilines is 1. The second kappa shape index (κ2) is 8.80. The number of benzene rings is 2. The molecular formula is C20H21N3O3. The van der Waals surface area contributed by atoms with Crippen LogP contribution in [0, 0.1) is 0 Å². The van der Waals surface area contributed by atoms with Crippen molar-refractivity contribution in [3.05, 3.63) is 60.2 Å². The van der Waals surface area contributed by atoms with Gasteiger partial charge in [-0.1, -0.05) is 43.1 Å². The molecule has 0 fully saturated rings. The minimum atomic E-state index is -0.314. The second-order valence-corrected chi connectivity index (χ2v) is 5.81. The van der Waals surface area contributed by atoms with E-state index in [4.69, 9.17) is 9.15 Å². The Kier molecular flexibility index (Phi) is 5.98. The Morgan fingerprint density at radius 3 is 2.54 bits per heavy atom. The summed E-state index contributed by atoms with van der Waals surface area (Å²) in [6.07, 6.45) is 3.33. The number of nitrogens with zero attached hydrogens (tertiary/aromatic N) is 2. The van der Waals surface area contributed by atoms with Gasteiger partial charge in [0.25, 0.3) is 5.91 Å². The van der Waals surface area contributed by atoms with E-state index in [0.717, 1.165) is 30.6 Å². The highest BCUT2D eigenvalue weighted by molar-refractivity contribution is 6.03. The van der Waals surface area contributed by atoms with Gasteiger partial charge in [0.2, 0.25) is 5.89 Å². The van der Waals surface area contributed by atoms with Crippen molar-refractivity contribution >= 4 is 11.9 Å². The fraction of sp³-hybridized carbons (Fsp3) is 0.250. The van der Waals surface area contributed by atoms with Crippen LogP contribution in [0.2, 0.25) is 0 Å². The molecule has 0 saturated carbocycles. The molecule has 6 nitrogen and oxygen atoms in total. The summed E-state index contributed by atoms with van der Waals surface area (Å²) in [5.41, 5.74) is 1.29. The lowest BCUT2D eigenvalue weighted by molar-refractivity contribution is 0.102. The van der Waals surface area contributed by atoms with Crippen molar-refractivity contribution in [3.8, 4) is 17.2 Å². The third-order valence-corrected chi connectivity index (χ3v) is 3.80. The first-order chi connectivity index (χ1) is 12.8. The van der Waals surface area contributed by atoms with Gasteiger partial charge in [-0.15, -0.1) is 5.10 Å². The summed E-state index contributed by atoms with van der Waals surface area (Å²) in [4.78, 5) is 12.3. The van der Waals surface area contributed by atoms with Gasteiger partial charge in [0.05, 0.1) is 6.61 Å².